The number of fused-ring (bicyclic) bond motifs is 1. The monoisotopic (exact) mass is 451 g/mol. The number of carbonyl (C=O) groups is 1. The summed E-state index contributed by atoms with van der Waals surface area (Å²) in [7, 11) is 0. The van der Waals surface area contributed by atoms with E-state index in [4.69, 9.17) is 9.72 Å². The Balaban J connectivity index is 1.27. The summed E-state index contributed by atoms with van der Waals surface area (Å²) in [6.45, 7) is 1.14. The van der Waals surface area contributed by atoms with Crippen LogP contribution < -0.4 is 4.74 Å². The van der Waals surface area contributed by atoms with Crippen molar-refractivity contribution in [2.75, 3.05) is 6.61 Å². The van der Waals surface area contributed by atoms with Crippen molar-refractivity contribution in [1.29, 1.82) is 0 Å². The van der Waals surface area contributed by atoms with Gasteiger partial charge in [-0.05, 0) is 42.0 Å². The first-order valence-corrected chi connectivity index (χ1v) is 11.3. The predicted octanol–water partition coefficient (Wildman–Crippen LogP) is 5.45. The van der Waals surface area contributed by atoms with E-state index in [1.807, 2.05) is 72.8 Å². The number of para-hydroxylation sites is 2. The molecule has 5 rings (SSSR count). The van der Waals surface area contributed by atoms with Crippen LogP contribution in [0.4, 0.5) is 0 Å². The lowest BCUT2D eigenvalue weighted by molar-refractivity contribution is -0.140. The van der Waals surface area contributed by atoms with Crippen molar-refractivity contribution in [1.82, 2.24) is 14.1 Å². The van der Waals surface area contributed by atoms with E-state index >= 15 is 0 Å². The molecule has 1 unspecified atom stereocenters. The first-order valence-electron chi connectivity index (χ1n) is 11.3. The molecule has 0 radical (unpaired) electrons. The minimum atomic E-state index is -0.849. The molecule has 0 saturated heterocycles. The SMILES string of the molecule is O=C(O)C(Cc1ccc(OCCn2c(-c3ccccc3)nc3ccccc32)cc1)n1cccc1. The Kier molecular flexibility index (Phi) is 6.12. The van der Waals surface area contributed by atoms with E-state index < -0.39 is 12.0 Å². The summed E-state index contributed by atoms with van der Waals surface area (Å²) in [6.07, 6.45) is 3.96. The molecule has 2 heterocycles. The van der Waals surface area contributed by atoms with E-state index in [2.05, 4.69) is 22.8 Å². The van der Waals surface area contributed by atoms with Crippen LogP contribution in [0.5, 0.6) is 5.75 Å². The van der Waals surface area contributed by atoms with Crippen LogP contribution in [0.25, 0.3) is 22.4 Å². The highest BCUT2D eigenvalue weighted by molar-refractivity contribution is 5.80. The van der Waals surface area contributed by atoms with Gasteiger partial charge in [0.1, 0.15) is 24.2 Å². The van der Waals surface area contributed by atoms with Gasteiger partial charge < -0.3 is 19.0 Å². The number of hydrogen-bond acceptors (Lipinski definition) is 3. The number of aromatic nitrogens is 3. The maximum atomic E-state index is 11.7. The number of ether oxygens (including phenoxy) is 1. The van der Waals surface area contributed by atoms with Crippen molar-refractivity contribution in [2.45, 2.75) is 19.0 Å². The molecule has 0 saturated carbocycles. The molecular formula is C28H25N3O3. The molecule has 0 aliphatic rings. The Labute approximate surface area is 197 Å². The van der Waals surface area contributed by atoms with E-state index in [0.717, 1.165) is 33.7 Å². The smallest absolute Gasteiger partial charge is 0.327 e. The Bertz CT molecular complexity index is 1370. The van der Waals surface area contributed by atoms with Crippen LogP contribution in [0.3, 0.4) is 0 Å². The van der Waals surface area contributed by atoms with Gasteiger partial charge in [0.2, 0.25) is 0 Å². The average Bonchev–Trinajstić information content (AvgIpc) is 3.52. The summed E-state index contributed by atoms with van der Waals surface area (Å²) in [5.41, 5.74) is 4.05. The number of carboxylic acids is 1. The van der Waals surface area contributed by atoms with E-state index in [1.165, 1.54) is 0 Å². The third-order valence-electron chi connectivity index (χ3n) is 5.90. The Morgan fingerprint density at radius 1 is 0.882 bits per heavy atom. The maximum Gasteiger partial charge on any atom is 0.327 e. The summed E-state index contributed by atoms with van der Waals surface area (Å²) in [5.74, 6) is 0.825. The molecule has 170 valence electrons. The quantitative estimate of drug-likeness (QED) is 0.323. The van der Waals surface area contributed by atoms with Crippen molar-refractivity contribution >= 4 is 17.0 Å². The number of aliphatic carboxylic acids is 1. The molecule has 2 aromatic heterocycles. The van der Waals surface area contributed by atoms with Gasteiger partial charge in [-0.3, -0.25) is 0 Å². The fraction of sp³-hybridized carbons (Fsp3) is 0.143. The molecule has 5 aromatic rings. The molecule has 34 heavy (non-hydrogen) atoms. The Morgan fingerprint density at radius 3 is 2.32 bits per heavy atom. The molecule has 1 N–H and O–H groups in total. The molecule has 3 aromatic carbocycles. The number of carboxylic acid groups (broad SMARTS) is 1. The van der Waals surface area contributed by atoms with Crippen LogP contribution >= 0.6 is 0 Å². The van der Waals surface area contributed by atoms with Gasteiger partial charge in [-0.15, -0.1) is 0 Å². The first-order chi connectivity index (χ1) is 16.7. The number of benzene rings is 3. The van der Waals surface area contributed by atoms with Crippen molar-refractivity contribution in [3.8, 4) is 17.1 Å². The van der Waals surface area contributed by atoms with Gasteiger partial charge in [-0.2, -0.15) is 0 Å². The number of rotatable bonds is 9. The maximum absolute atomic E-state index is 11.7. The minimum Gasteiger partial charge on any atom is -0.492 e. The highest BCUT2D eigenvalue weighted by Gasteiger charge is 2.19. The Morgan fingerprint density at radius 2 is 1.59 bits per heavy atom. The lowest BCUT2D eigenvalue weighted by Crippen LogP contribution is -2.20. The average molecular weight is 452 g/mol. The molecule has 0 bridgehead atoms. The normalized spacial score (nSPS) is 12.0. The van der Waals surface area contributed by atoms with Crippen LogP contribution in [-0.4, -0.2) is 31.8 Å². The predicted molar refractivity (Wildman–Crippen MR) is 132 cm³/mol. The summed E-state index contributed by atoms with van der Waals surface area (Å²) >= 11 is 0. The standard InChI is InChI=1S/C28H25N3O3/c32-28(33)26(30-16-6-7-17-30)20-21-12-14-23(15-13-21)34-19-18-31-25-11-5-4-10-24(25)29-27(31)22-8-2-1-3-9-22/h1-17,26H,18-20H2,(H,32,33). The van der Waals surface area contributed by atoms with Crippen LogP contribution in [0.15, 0.2) is 103 Å². The number of nitrogens with zero attached hydrogens (tertiary/aromatic N) is 3. The summed E-state index contributed by atoms with van der Waals surface area (Å²) in [5, 5.41) is 9.59. The number of hydrogen-bond donors (Lipinski definition) is 1. The molecule has 6 nitrogen and oxygen atoms in total. The van der Waals surface area contributed by atoms with Crippen LogP contribution in [0, 0.1) is 0 Å². The summed E-state index contributed by atoms with van der Waals surface area (Å²) < 4.78 is 9.93. The molecule has 0 fully saturated rings. The second kappa shape index (κ2) is 9.67. The second-order valence-electron chi connectivity index (χ2n) is 8.12. The van der Waals surface area contributed by atoms with Gasteiger partial charge in [-0.25, -0.2) is 9.78 Å². The zero-order valence-corrected chi connectivity index (χ0v) is 18.6. The topological polar surface area (TPSA) is 69.3 Å². The van der Waals surface area contributed by atoms with Gasteiger partial charge in [0, 0.05) is 24.4 Å². The summed E-state index contributed by atoms with van der Waals surface area (Å²) in [4.78, 5) is 16.5. The van der Waals surface area contributed by atoms with Crippen molar-refractivity contribution < 1.29 is 14.6 Å². The van der Waals surface area contributed by atoms with Crippen LogP contribution in [0.1, 0.15) is 11.6 Å². The largest absolute Gasteiger partial charge is 0.492 e. The molecule has 0 aliphatic heterocycles. The van der Waals surface area contributed by atoms with Crippen molar-refractivity contribution in [3.63, 3.8) is 0 Å². The number of imidazole rings is 1. The second-order valence-corrected chi connectivity index (χ2v) is 8.12. The van der Waals surface area contributed by atoms with Crippen LogP contribution in [-0.2, 0) is 17.8 Å². The lowest BCUT2D eigenvalue weighted by atomic mass is 10.1. The van der Waals surface area contributed by atoms with Gasteiger partial charge >= 0.3 is 5.97 Å². The zero-order valence-electron chi connectivity index (χ0n) is 18.6. The van der Waals surface area contributed by atoms with E-state index in [-0.39, 0.29) is 0 Å². The van der Waals surface area contributed by atoms with E-state index in [0.29, 0.717) is 19.6 Å². The molecule has 0 amide bonds. The van der Waals surface area contributed by atoms with Gasteiger partial charge in [0.15, 0.2) is 0 Å². The molecular weight excluding hydrogens is 426 g/mol. The molecule has 1 atom stereocenters. The highest BCUT2D eigenvalue weighted by atomic mass is 16.5. The minimum absolute atomic E-state index is 0.408. The third-order valence-corrected chi connectivity index (χ3v) is 5.90. The zero-order chi connectivity index (χ0) is 23.3. The highest BCUT2D eigenvalue weighted by Crippen LogP contribution is 2.25. The summed E-state index contributed by atoms with van der Waals surface area (Å²) in [6, 6.07) is 29.0. The van der Waals surface area contributed by atoms with E-state index in [9.17, 15) is 9.90 Å². The van der Waals surface area contributed by atoms with E-state index in [1.54, 1.807) is 17.0 Å². The fourth-order valence-electron chi connectivity index (χ4n) is 4.19. The van der Waals surface area contributed by atoms with Gasteiger partial charge in [0.25, 0.3) is 0 Å². The first kappa shape index (κ1) is 21.5. The molecule has 6 heteroatoms. The molecule has 0 aliphatic carbocycles. The third kappa shape index (κ3) is 4.57. The van der Waals surface area contributed by atoms with Crippen molar-refractivity contribution in [2.24, 2.45) is 0 Å². The molecule has 0 spiro atoms. The van der Waals surface area contributed by atoms with Crippen LogP contribution in [0.2, 0.25) is 0 Å². The van der Waals surface area contributed by atoms with Gasteiger partial charge in [0.05, 0.1) is 17.6 Å². The fourth-order valence-corrected chi connectivity index (χ4v) is 4.19. The Hall–Kier alpha value is -4.32. The van der Waals surface area contributed by atoms with Gasteiger partial charge in [-0.1, -0.05) is 54.6 Å². The lowest BCUT2D eigenvalue weighted by Gasteiger charge is -2.15. The van der Waals surface area contributed by atoms with Crippen molar-refractivity contribution in [3.05, 3.63) is 109 Å².